The van der Waals surface area contributed by atoms with Crippen LogP contribution in [0.3, 0.4) is 0 Å². The van der Waals surface area contributed by atoms with E-state index in [1.165, 1.54) is 56.7 Å². The number of anilines is 7. The van der Waals surface area contributed by atoms with Gasteiger partial charge in [0.25, 0.3) is 11.1 Å². The van der Waals surface area contributed by atoms with Gasteiger partial charge in [-0.15, -0.1) is 0 Å². The third-order valence-electron chi connectivity index (χ3n) is 22.4. The molecule has 25 N–H and O–H groups in total. The third-order valence-corrected chi connectivity index (χ3v) is 28.5. The second-order valence-corrected chi connectivity index (χ2v) is 40.1. The predicted octanol–water partition coefficient (Wildman–Crippen LogP) is -3.46. The molecule has 17 heterocycles. The van der Waals surface area contributed by atoms with E-state index in [4.69, 9.17) is 133 Å². The van der Waals surface area contributed by atoms with Crippen molar-refractivity contribution in [2.45, 2.75) is 174 Å². The van der Waals surface area contributed by atoms with Crippen LogP contribution < -0.4 is 79.7 Å². The highest BCUT2D eigenvalue weighted by Gasteiger charge is 2.53. The van der Waals surface area contributed by atoms with Gasteiger partial charge in [-0.25, -0.2) is 71.5 Å². The minimum atomic E-state index is -5.68. The van der Waals surface area contributed by atoms with Crippen molar-refractivity contribution in [3.8, 4) is 0 Å². The Morgan fingerprint density at radius 3 is 0.884 bits per heavy atom. The molecule has 138 heavy (non-hydrogen) atoms. The lowest BCUT2D eigenvalue weighted by Crippen LogP contribution is -2.34. The summed E-state index contributed by atoms with van der Waals surface area (Å²) in [4.78, 5) is 195. The van der Waals surface area contributed by atoms with Crippen molar-refractivity contribution >= 4 is 121 Å². The summed E-state index contributed by atoms with van der Waals surface area (Å²) in [5.74, 6) is -1.56. The minimum Gasteiger partial charge on any atom is -0.394 e. The number of H-pyrrole nitrogens is 2. The number of phosphoric ester groups is 6. The van der Waals surface area contributed by atoms with E-state index < -0.39 is 288 Å². The van der Waals surface area contributed by atoms with Crippen LogP contribution >= 0.6 is 46.9 Å². The molecular formula is C66H86N28O38P6. The van der Waals surface area contributed by atoms with Crippen molar-refractivity contribution < 1.29 is 149 Å². The Kier molecular flexibility index (Phi) is 28.5. The first kappa shape index (κ1) is 99.2. The zero-order chi connectivity index (χ0) is 98.1. The van der Waals surface area contributed by atoms with E-state index >= 15 is 0 Å². The van der Waals surface area contributed by atoms with Gasteiger partial charge in [-0.05, 0) is 24.3 Å². The molecule has 0 spiro atoms. The zero-order valence-corrected chi connectivity index (χ0v) is 76.0. The molecule has 7 aliphatic rings. The standard InChI is InChI=1S/C66H86N28O38P6/c67-27-9-45(88-5-1-41(68)80-63(88)98)121-35(27)17-114-133(102,103)130-32-14-50(93-25-78-53-57(93)84-61(73)86-59(53)96)126-40(32)22-119-136(108,109)129-30-12-48(91-8-4-44(71)83-66(91)101)122-36(30)18-116-137(110,111)131-31-13-49(92-24-77-52-55(72)75-23-76-56(52)92)124-38(31)20-118-135(106,107)128-29-11-47(90-7-3-43(70)82-65(90)100)123-37(29)19-117-138(112,113)132-33-15-51(94-26-79-54-58(94)85-62(74)87-60(54)97)125-39(33)21-115-134(104,105)127-28-10-46(120-34(28)16-95)89-6-2-42(69)81-64(89)99/h1-8,23-40,45-51,95H,9-22,67H2,(H,102,103)(H,104,105)(H,106,107)(H,108,109)(H,110,111)(H,112,113)(H2,68,80,98)(H2,69,81,99)(H2,70,82,100)(H2,71,83,101)(H2,72,75,76)(H3,73,84,86,96)(H3,74,85,87,97)/t27-,28-,29-,30-,31-,32-,33-,34+,35+,36+,37+,38+,39+,40+,45+,46+,47+,48+,49+,50+,51+/m0/s1. The molecule has 0 aliphatic carbocycles. The molecule has 10 aromatic heterocycles. The van der Waals surface area contributed by atoms with Gasteiger partial charge in [-0.1, -0.05) is 0 Å². The first-order valence-corrected chi connectivity index (χ1v) is 50.0. The van der Waals surface area contributed by atoms with Crippen LogP contribution in [0.1, 0.15) is 88.5 Å². The van der Waals surface area contributed by atoms with E-state index in [0.29, 0.717) is 0 Å². The summed E-state index contributed by atoms with van der Waals surface area (Å²) in [6, 6.07) is 4.07. The lowest BCUT2D eigenvalue weighted by molar-refractivity contribution is -0.0649. The number of aromatic nitrogens is 20. The topological polar surface area (TPSA) is 938 Å². The van der Waals surface area contributed by atoms with Gasteiger partial charge >= 0.3 is 69.7 Å². The van der Waals surface area contributed by atoms with E-state index in [-0.39, 0.29) is 87.3 Å². The number of nitrogens with one attached hydrogen (secondary N) is 2. The number of aliphatic hydroxyl groups is 1. The van der Waals surface area contributed by atoms with Crippen LogP contribution in [0.25, 0.3) is 33.5 Å². The highest BCUT2D eigenvalue weighted by Crippen LogP contribution is 2.58. The maximum atomic E-state index is 14.6. The van der Waals surface area contributed by atoms with Crippen LogP contribution in [0.4, 0.5) is 41.0 Å². The Hall–Kier alpha value is -10.3. The van der Waals surface area contributed by atoms with Crippen LogP contribution in [0.5, 0.6) is 0 Å². The molecule has 66 nitrogen and oxygen atoms in total. The van der Waals surface area contributed by atoms with Crippen molar-refractivity contribution in [3.05, 3.63) is 137 Å². The molecule has 7 saturated heterocycles. The van der Waals surface area contributed by atoms with E-state index in [1.807, 2.05) is 0 Å². The molecule has 27 atom stereocenters. The van der Waals surface area contributed by atoms with E-state index in [9.17, 15) is 90.6 Å². The fourth-order valence-electron chi connectivity index (χ4n) is 16.1. The maximum absolute atomic E-state index is 14.6. The number of nitrogen functional groups attached to an aromatic ring is 7. The first-order valence-electron chi connectivity index (χ1n) is 41.0. The van der Waals surface area contributed by atoms with Gasteiger partial charge in [-0.3, -0.25) is 106 Å². The average Bonchev–Trinajstić information content (AvgIpc) is 1.65. The molecule has 6 unspecified atom stereocenters. The maximum Gasteiger partial charge on any atom is 0.472 e. The van der Waals surface area contributed by atoms with Crippen molar-refractivity contribution in [2.75, 3.05) is 86.4 Å². The zero-order valence-electron chi connectivity index (χ0n) is 70.6. The van der Waals surface area contributed by atoms with Crippen molar-refractivity contribution in [2.24, 2.45) is 5.73 Å². The van der Waals surface area contributed by atoms with Gasteiger partial charge in [0.2, 0.25) is 11.9 Å². The number of aliphatic hydroxyl groups excluding tert-OH is 1. The number of hydrogen-bond donors (Lipinski definition) is 17. The summed E-state index contributed by atoms with van der Waals surface area (Å²) >= 11 is 0. The number of ether oxygens (including phenoxy) is 7. The highest BCUT2D eigenvalue weighted by atomic mass is 31.2. The van der Waals surface area contributed by atoms with Crippen LogP contribution in [-0.4, -0.2) is 263 Å². The van der Waals surface area contributed by atoms with E-state index in [1.54, 1.807) is 0 Å². The minimum absolute atomic E-state index is 0.00742. The third kappa shape index (κ3) is 22.5. The number of nitrogens with two attached hydrogens (primary N) is 8. The van der Waals surface area contributed by atoms with Crippen molar-refractivity contribution in [1.29, 1.82) is 0 Å². The number of aromatic amines is 2. The van der Waals surface area contributed by atoms with Crippen LogP contribution in [-0.2, 0) is 115 Å². The molecule has 7 fully saturated rings. The second kappa shape index (κ2) is 39.6. The van der Waals surface area contributed by atoms with Crippen molar-refractivity contribution in [1.82, 2.24) is 96.8 Å². The molecule has 748 valence electrons. The van der Waals surface area contributed by atoms with Crippen molar-refractivity contribution in [3.63, 3.8) is 0 Å². The average molecular weight is 2070 g/mol. The molecule has 0 amide bonds. The number of phosphoric acid groups is 6. The molecule has 7 aliphatic heterocycles. The molecular weight excluding hydrogens is 1980 g/mol. The molecule has 0 saturated carbocycles. The van der Waals surface area contributed by atoms with E-state index in [2.05, 4.69) is 64.8 Å². The monoisotopic (exact) mass is 2060 g/mol. The largest absolute Gasteiger partial charge is 0.472 e. The molecule has 0 aromatic carbocycles. The lowest BCUT2D eigenvalue weighted by atomic mass is 10.1. The fraction of sp³-hybridized carbons (Fsp3) is 0.530. The summed E-state index contributed by atoms with van der Waals surface area (Å²) in [6.07, 6.45) is -24.5. The van der Waals surface area contributed by atoms with Crippen LogP contribution in [0.15, 0.2) is 103 Å². The van der Waals surface area contributed by atoms with E-state index in [0.717, 1.165) is 49.6 Å². The van der Waals surface area contributed by atoms with Gasteiger partial charge in [0.05, 0.1) is 71.3 Å². The number of hydrogen-bond acceptors (Lipinski definition) is 51. The van der Waals surface area contributed by atoms with Crippen LogP contribution in [0, 0.1) is 0 Å². The first-order chi connectivity index (χ1) is 65.3. The molecule has 72 heteroatoms. The van der Waals surface area contributed by atoms with Gasteiger partial charge in [-0.2, -0.15) is 29.9 Å². The van der Waals surface area contributed by atoms with Gasteiger partial charge in [0.15, 0.2) is 33.8 Å². The Bertz CT molecular complexity index is 6930. The Labute approximate surface area is 767 Å². The molecule has 0 radical (unpaired) electrons. The summed E-state index contributed by atoms with van der Waals surface area (Å²) < 4.78 is 202. The SMILES string of the molecule is Nc1ccn([C@H]2C[C@H](OP(=O)(O)OC[C@H]3O[C@@H](n4cnc5c(=O)[nH]c(N)nc54)C[C@@H]3OP(=O)(O)OC[C@H]3O[C@@H](n4ccc(N)nc4=O)C[C@@H]3OP(=O)(O)OC[C@H]3O[C@@H](n4cnc5c(N)ncnc54)C[C@@H]3OP(=O)(O)OC[C@H]3O[C@@H](n4ccc(N)nc4=O)C[C@@H]3OP(=O)(O)OC[C@H]3O[C@@H](n4cnc5c(=O)[nH]c(N)nc54)C[C@@H]3OP(=O)(O)OC[C@H]3O[C@@H](n4ccc(N)nc4=O)C[C@@H]3N)[C@@H](CO)O2)c(=O)n1. The highest BCUT2D eigenvalue weighted by molar-refractivity contribution is 7.48. The van der Waals surface area contributed by atoms with Gasteiger partial charge in [0.1, 0.15) is 152 Å². The Balaban J connectivity index is 0.576. The van der Waals surface area contributed by atoms with Gasteiger partial charge < -0.3 is 113 Å². The Morgan fingerprint density at radius 1 is 0.333 bits per heavy atom. The lowest BCUT2D eigenvalue weighted by Gasteiger charge is -2.26. The summed E-state index contributed by atoms with van der Waals surface area (Å²) in [6.45, 7) is -7.02. The van der Waals surface area contributed by atoms with Crippen LogP contribution in [0.2, 0.25) is 0 Å². The normalized spacial score (nSPS) is 30.0. The fourth-order valence-corrected chi connectivity index (χ4v) is 21.8. The summed E-state index contributed by atoms with van der Waals surface area (Å²) in [5.41, 5.74) is 40.9. The quantitative estimate of drug-likeness (QED) is 0.0167. The number of imidazole rings is 3. The molecule has 0 bridgehead atoms. The molecule has 10 aromatic rings. The predicted molar refractivity (Wildman–Crippen MR) is 455 cm³/mol. The second-order valence-electron chi connectivity index (χ2n) is 31.7. The Morgan fingerprint density at radius 2 is 0.587 bits per heavy atom. The number of nitrogens with zero attached hydrogens (tertiary/aromatic N) is 18. The summed E-state index contributed by atoms with van der Waals surface area (Å²) in [5, 5.41) is 10.2. The molecule has 17 rings (SSSR count). The summed E-state index contributed by atoms with van der Waals surface area (Å²) in [7, 11) is -33.2. The number of rotatable bonds is 38. The number of fused-ring (bicyclic) bond motifs is 3. The smallest absolute Gasteiger partial charge is 0.394 e. The van der Waals surface area contributed by atoms with Gasteiger partial charge in [0, 0.05) is 75.8 Å².